The Morgan fingerprint density at radius 1 is 0.938 bits per heavy atom. The highest BCUT2D eigenvalue weighted by atomic mass is 16.6. The summed E-state index contributed by atoms with van der Waals surface area (Å²) in [5.41, 5.74) is 4.07. The van der Waals surface area contributed by atoms with Gasteiger partial charge in [0.2, 0.25) is 0 Å². The third-order valence-electron chi connectivity index (χ3n) is 4.74. The molecule has 0 radical (unpaired) electrons. The predicted molar refractivity (Wildman–Crippen MR) is 119 cm³/mol. The van der Waals surface area contributed by atoms with E-state index >= 15 is 0 Å². The van der Waals surface area contributed by atoms with Gasteiger partial charge in [-0.15, -0.1) is 0 Å². The maximum atomic E-state index is 13.0. The highest BCUT2D eigenvalue weighted by molar-refractivity contribution is 5.81. The Bertz CT molecular complexity index is 939. The molecule has 0 aromatic heterocycles. The number of aliphatic carboxylic acids is 2. The first-order valence-corrected chi connectivity index (χ1v) is 10.3. The van der Waals surface area contributed by atoms with E-state index in [2.05, 4.69) is 5.43 Å². The minimum Gasteiger partial charge on any atom is -0.480 e. The molecule has 2 aromatic rings. The summed E-state index contributed by atoms with van der Waals surface area (Å²) >= 11 is 0. The van der Waals surface area contributed by atoms with Gasteiger partial charge >= 0.3 is 18.0 Å². The quantitative estimate of drug-likeness (QED) is 0.510. The summed E-state index contributed by atoms with van der Waals surface area (Å²) in [6.07, 6.45) is -0.935. The van der Waals surface area contributed by atoms with E-state index in [1.807, 2.05) is 19.1 Å². The number of carboxylic acids is 2. The van der Waals surface area contributed by atoms with Crippen molar-refractivity contribution in [1.82, 2.24) is 10.4 Å². The van der Waals surface area contributed by atoms with Crippen LogP contribution in [0.15, 0.2) is 54.6 Å². The highest BCUT2D eigenvalue weighted by Gasteiger charge is 2.36. The molecule has 3 N–H and O–H groups in total. The van der Waals surface area contributed by atoms with E-state index in [1.54, 1.807) is 63.2 Å². The Labute approximate surface area is 187 Å². The Balaban J connectivity index is 2.38. The number of benzene rings is 2. The molecule has 2 atom stereocenters. The second-order valence-corrected chi connectivity index (χ2v) is 8.54. The van der Waals surface area contributed by atoms with Gasteiger partial charge in [0, 0.05) is 12.8 Å². The summed E-state index contributed by atoms with van der Waals surface area (Å²) in [5, 5.41) is 20.5. The number of carbonyl (C=O) groups excluding carboxylic acids is 1. The first kappa shape index (κ1) is 24.9. The standard InChI is InChI=1S/C24H30N2O6/c1-16-10-8-9-13-18(16)15-19(21(27)28)25-26(23(31)32-24(2,3)4)20(22(29)30)14-17-11-6-5-7-12-17/h5-13,19-20,25H,14-15H2,1-4H3,(H,27,28)(H,29,30)/t19-,20-/m0/s1. The first-order chi connectivity index (χ1) is 15.0. The second kappa shape index (κ2) is 10.8. The molecule has 2 aromatic carbocycles. The van der Waals surface area contributed by atoms with Crippen LogP contribution in [0.5, 0.6) is 0 Å². The van der Waals surface area contributed by atoms with Crippen molar-refractivity contribution in [2.75, 3.05) is 0 Å². The molecule has 2 rings (SSSR count). The van der Waals surface area contributed by atoms with Gasteiger partial charge in [0.1, 0.15) is 11.6 Å². The third-order valence-corrected chi connectivity index (χ3v) is 4.74. The lowest BCUT2D eigenvalue weighted by Gasteiger charge is -2.33. The minimum atomic E-state index is -1.38. The fraction of sp³-hybridized carbons (Fsp3) is 0.375. The summed E-state index contributed by atoms with van der Waals surface area (Å²) in [4.78, 5) is 37.1. The molecule has 0 aliphatic heterocycles. The van der Waals surface area contributed by atoms with Gasteiger partial charge in [-0.2, -0.15) is 0 Å². The summed E-state index contributed by atoms with van der Waals surface area (Å²) in [6, 6.07) is 13.5. The molecule has 0 saturated heterocycles. The smallest absolute Gasteiger partial charge is 0.425 e. The van der Waals surface area contributed by atoms with E-state index < -0.39 is 35.7 Å². The molecule has 0 unspecified atom stereocenters. The molecule has 0 aliphatic carbocycles. The van der Waals surface area contributed by atoms with E-state index in [9.17, 15) is 24.6 Å². The summed E-state index contributed by atoms with van der Waals surface area (Å²) in [7, 11) is 0. The molecular formula is C24H30N2O6. The zero-order valence-corrected chi connectivity index (χ0v) is 18.7. The van der Waals surface area contributed by atoms with Crippen LogP contribution in [0.1, 0.15) is 37.5 Å². The molecule has 0 spiro atoms. The Morgan fingerprint density at radius 3 is 2.06 bits per heavy atom. The van der Waals surface area contributed by atoms with Crippen LogP contribution in [-0.4, -0.2) is 50.9 Å². The molecule has 0 heterocycles. The van der Waals surface area contributed by atoms with Gasteiger partial charge in [0.15, 0.2) is 6.04 Å². The van der Waals surface area contributed by atoms with Crippen LogP contribution in [0, 0.1) is 6.92 Å². The molecule has 8 heteroatoms. The fourth-order valence-electron chi connectivity index (χ4n) is 3.12. The summed E-state index contributed by atoms with van der Waals surface area (Å²) < 4.78 is 5.39. The van der Waals surface area contributed by atoms with Gasteiger partial charge in [-0.3, -0.25) is 4.79 Å². The van der Waals surface area contributed by atoms with Crippen molar-refractivity contribution in [3.63, 3.8) is 0 Å². The van der Waals surface area contributed by atoms with Crippen LogP contribution in [0.3, 0.4) is 0 Å². The maximum Gasteiger partial charge on any atom is 0.425 e. The summed E-state index contributed by atoms with van der Waals surface area (Å²) in [5.74, 6) is -2.50. The van der Waals surface area contributed by atoms with E-state index in [1.165, 1.54) is 0 Å². The Kier molecular flexibility index (Phi) is 8.37. The third kappa shape index (κ3) is 7.39. The lowest BCUT2D eigenvalue weighted by atomic mass is 10.0. The number of hydrogen-bond donors (Lipinski definition) is 3. The van der Waals surface area contributed by atoms with Crippen molar-refractivity contribution in [2.45, 2.75) is 58.2 Å². The van der Waals surface area contributed by atoms with Gasteiger partial charge in [-0.05, 0) is 44.4 Å². The van der Waals surface area contributed by atoms with Crippen LogP contribution in [-0.2, 0) is 27.2 Å². The predicted octanol–water partition coefficient (Wildman–Crippen LogP) is 3.43. The zero-order chi connectivity index (χ0) is 23.9. The zero-order valence-electron chi connectivity index (χ0n) is 18.7. The molecular weight excluding hydrogens is 412 g/mol. The van der Waals surface area contributed by atoms with Crippen molar-refractivity contribution in [3.05, 3.63) is 71.3 Å². The highest BCUT2D eigenvalue weighted by Crippen LogP contribution is 2.16. The van der Waals surface area contributed by atoms with Gasteiger partial charge in [0.25, 0.3) is 0 Å². The van der Waals surface area contributed by atoms with Crippen molar-refractivity contribution in [2.24, 2.45) is 0 Å². The van der Waals surface area contributed by atoms with Crippen LogP contribution in [0.2, 0.25) is 0 Å². The minimum absolute atomic E-state index is 0.0287. The Hall–Kier alpha value is -3.39. The van der Waals surface area contributed by atoms with Crippen molar-refractivity contribution < 1.29 is 29.3 Å². The van der Waals surface area contributed by atoms with Gasteiger partial charge in [-0.1, -0.05) is 54.6 Å². The molecule has 0 fully saturated rings. The molecule has 1 amide bonds. The van der Waals surface area contributed by atoms with Crippen LogP contribution >= 0.6 is 0 Å². The Morgan fingerprint density at radius 2 is 1.53 bits per heavy atom. The van der Waals surface area contributed by atoms with Crippen LogP contribution in [0.25, 0.3) is 0 Å². The summed E-state index contributed by atoms with van der Waals surface area (Å²) in [6.45, 7) is 6.81. The molecule has 0 saturated carbocycles. The number of nitrogens with zero attached hydrogens (tertiary/aromatic N) is 1. The van der Waals surface area contributed by atoms with Crippen molar-refractivity contribution in [3.8, 4) is 0 Å². The largest absolute Gasteiger partial charge is 0.480 e. The lowest BCUT2D eigenvalue weighted by molar-refractivity contribution is -0.148. The SMILES string of the molecule is Cc1ccccc1C[C@H](NN(C(=O)OC(C)(C)C)[C@@H](Cc1ccccc1)C(=O)O)C(=O)O. The average molecular weight is 443 g/mol. The molecule has 8 nitrogen and oxygen atoms in total. The number of nitrogens with one attached hydrogen (secondary N) is 1. The van der Waals surface area contributed by atoms with Gasteiger partial charge < -0.3 is 14.9 Å². The number of hydrogen-bond acceptors (Lipinski definition) is 5. The maximum absolute atomic E-state index is 13.0. The average Bonchev–Trinajstić information content (AvgIpc) is 2.70. The van der Waals surface area contributed by atoms with E-state index in [0.717, 1.165) is 16.1 Å². The second-order valence-electron chi connectivity index (χ2n) is 8.54. The van der Waals surface area contributed by atoms with Crippen molar-refractivity contribution in [1.29, 1.82) is 0 Å². The molecule has 0 aliphatic rings. The number of hydrazine groups is 1. The number of rotatable bonds is 9. The van der Waals surface area contributed by atoms with E-state index in [4.69, 9.17) is 4.74 Å². The van der Waals surface area contributed by atoms with E-state index in [-0.39, 0.29) is 12.8 Å². The monoisotopic (exact) mass is 442 g/mol. The normalized spacial score (nSPS) is 13.1. The fourth-order valence-corrected chi connectivity index (χ4v) is 3.12. The van der Waals surface area contributed by atoms with Gasteiger partial charge in [0.05, 0.1) is 0 Å². The van der Waals surface area contributed by atoms with E-state index in [0.29, 0.717) is 5.56 Å². The number of ether oxygens (including phenoxy) is 1. The van der Waals surface area contributed by atoms with Crippen LogP contribution in [0.4, 0.5) is 4.79 Å². The van der Waals surface area contributed by atoms with Crippen LogP contribution < -0.4 is 5.43 Å². The molecule has 0 bridgehead atoms. The first-order valence-electron chi connectivity index (χ1n) is 10.3. The molecule has 172 valence electrons. The number of carboxylic acid groups (broad SMARTS) is 2. The molecule has 32 heavy (non-hydrogen) atoms. The number of amides is 1. The van der Waals surface area contributed by atoms with Gasteiger partial charge in [-0.25, -0.2) is 20.0 Å². The number of aryl methyl sites for hydroxylation is 1. The topological polar surface area (TPSA) is 116 Å². The number of carbonyl (C=O) groups is 3. The lowest BCUT2D eigenvalue weighted by Crippen LogP contribution is -2.60. The van der Waals surface area contributed by atoms with Crippen molar-refractivity contribution >= 4 is 18.0 Å².